The molecule has 0 spiro atoms. The number of benzene rings is 2. The number of carbonyl (C=O) groups is 2. The first kappa shape index (κ1) is 23.4. The standard InChI is InChI=1S/C24H26Cl2N4O3/c1-2-33-23(31)21-20(27-24(32)28-22(21)16-3-5-17(25)6-4-16)15-29-11-13-30(14-12-29)19-9-7-18(26)8-10-19/h3-10,22H,2,11-15H2,1H3,(H2,27,28,32). The summed E-state index contributed by atoms with van der Waals surface area (Å²) in [5, 5.41) is 7.00. The lowest BCUT2D eigenvalue weighted by Crippen LogP contribution is -2.51. The third-order valence-electron chi connectivity index (χ3n) is 5.80. The molecule has 9 heteroatoms. The minimum absolute atomic E-state index is 0.247. The first-order valence-corrected chi connectivity index (χ1v) is 11.7. The monoisotopic (exact) mass is 488 g/mol. The maximum Gasteiger partial charge on any atom is 0.338 e. The number of ether oxygens (including phenoxy) is 1. The van der Waals surface area contributed by atoms with Gasteiger partial charge in [-0.25, -0.2) is 9.59 Å². The Kier molecular flexibility index (Phi) is 7.42. The topological polar surface area (TPSA) is 73.9 Å². The van der Waals surface area contributed by atoms with Crippen molar-refractivity contribution in [2.24, 2.45) is 0 Å². The summed E-state index contributed by atoms with van der Waals surface area (Å²) in [6.45, 7) is 5.69. The minimum atomic E-state index is -0.611. The Morgan fingerprint density at radius 2 is 1.61 bits per heavy atom. The lowest BCUT2D eigenvalue weighted by Gasteiger charge is -2.38. The summed E-state index contributed by atoms with van der Waals surface area (Å²) in [4.78, 5) is 29.9. The van der Waals surface area contributed by atoms with Gasteiger partial charge >= 0.3 is 12.0 Å². The maximum atomic E-state index is 12.9. The zero-order valence-corrected chi connectivity index (χ0v) is 19.8. The number of hydrogen-bond acceptors (Lipinski definition) is 5. The lowest BCUT2D eigenvalue weighted by atomic mass is 9.95. The fraction of sp³-hybridized carbons (Fsp3) is 0.333. The molecule has 4 rings (SSSR count). The average Bonchev–Trinajstić information content (AvgIpc) is 2.80. The van der Waals surface area contributed by atoms with E-state index in [1.54, 1.807) is 31.2 Å². The number of rotatable bonds is 6. The van der Waals surface area contributed by atoms with Crippen LogP contribution < -0.4 is 15.5 Å². The molecule has 1 unspecified atom stereocenters. The van der Waals surface area contributed by atoms with E-state index in [2.05, 4.69) is 20.4 Å². The summed E-state index contributed by atoms with van der Waals surface area (Å²) in [5.74, 6) is -0.445. The molecule has 0 aliphatic carbocycles. The molecule has 0 aromatic heterocycles. The number of nitrogens with one attached hydrogen (secondary N) is 2. The molecule has 174 valence electrons. The van der Waals surface area contributed by atoms with Crippen molar-refractivity contribution in [3.8, 4) is 0 Å². The van der Waals surface area contributed by atoms with Crippen molar-refractivity contribution in [1.82, 2.24) is 15.5 Å². The number of urea groups is 1. The Balaban J connectivity index is 1.54. The number of nitrogens with zero attached hydrogens (tertiary/aromatic N) is 2. The Morgan fingerprint density at radius 1 is 1.00 bits per heavy atom. The molecule has 2 heterocycles. The molecule has 1 fully saturated rings. The van der Waals surface area contributed by atoms with Gasteiger partial charge < -0.3 is 20.3 Å². The Hall–Kier alpha value is -2.74. The van der Waals surface area contributed by atoms with Crippen LogP contribution in [0.4, 0.5) is 10.5 Å². The van der Waals surface area contributed by atoms with Gasteiger partial charge in [-0.2, -0.15) is 0 Å². The zero-order chi connectivity index (χ0) is 23.4. The normalized spacial score (nSPS) is 19.2. The summed E-state index contributed by atoms with van der Waals surface area (Å²) in [6.07, 6.45) is 0. The van der Waals surface area contributed by atoms with Gasteiger partial charge in [0.1, 0.15) is 0 Å². The predicted octanol–water partition coefficient (Wildman–Crippen LogP) is 3.99. The number of esters is 1. The largest absolute Gasteiger partial charge is 0.463 e. The smallest absolute Gasteiger partial charge is 0.338 e. The van der Waals surface area contributed by atoms with E-state index >= 15 is 0 Å². The zero-order valence-electron chi connectivity index (χ0n) is 18.3. The van der Waals surface area contributed by atoms with Gasteiger partial charge in [0.2, 0.25) is 0 Å². The molecule has 2 N–H and O–H groups in total. The highest BCUT2D eigenvalue weighted by Crippen LogP contribution is 2.29. The highest BCUT2D eigenvalue weighted by molar-refractivity contribution is 6.30. The predicted molar refractivity (Wildman–Crippen MR) is 130 cm³/mol. The van der Waals surface area contributed by atoms with Gasteiger partial charge in [-0.1, -0.05) is 35.3 Å². The van der Waals surface area contributed by atoms with Crippen LogP contribution in [0.15, 0.2) is 59.8 Å². The average molecular weight is 489 g/mol. The van der Waals surface area contributed by atoms with Crippen molar-refractivity contribution < 1.29 is 14.3 Å². The molecular formula is C24H26Cl2N4O3. The van der Waals surface area contributed by atoms with E-state index in [0.29, 0.717) is 27.9 Å². The molecule has 2 amide bonds. The molecule has 2 aromatic carbocycles. The fourth-order valence-electron chi connectivity index (χ4n) is 4.14. The molecule has 33 heavy (non-hydrogen) atoms. The quantitative estimate of drug-likeness (QED) is 0.601. The number of anilines is 1. The van der Waals surface area contributed by atoms with Crippen LogP contribution in [0, 0.1) is 0 Å². The van der Waals surface area contributed by atoms with E-state index in [4.69, 9.17) is 27.9 Å². The van der Waals surface area contributed by atoms with Crippen molar-refractivity contribution >= 4 is 40.9 Å². The van der Waals surface area contributed by atoms with E-state index < -0.39 is 12.0 Å². The molecular weight excluding hydrogens is 463 g/mol. The number of hydrogen-bond donors (Lipinski definition) is 2. The van der Waals surface area contributed by atoms with Crippen LogP contribution in [-0.2, 0) is 9.53 Å². The highest BCUT2D eigenvalue weighted by atomic mass is 35.5. The molecule has 7 nitrogen and oxygen atoms in total. The van der Waals surface area contributed by atoms with Gasteiger partial charge in [0, 0.05) is 54.2 Å². The second kappa shape index (κ2) is 10.5. The molecule has 0 radical (unpaired) electrons. The van der Waals surface area contributed by atoms with Gasteiger partial charge in [0.05, 0.1) is 18.2 Å². The number of halogens is 2. The van der Waals surface area contributed by atoms with E-state index in [9.17, 15) is 9.59 Å². The highest BCUT2D eigenvalue weighted by Gasteiger charge is 2.34. The van der Waals surface area contributed by atoms with Crippen LogP contribution in [0.25, 0.3) is 0 Å². The van der Waals surface area contributed by atoms with E-state index in [1.807, 2.05) is 24.3 Å². The molecule has 0 saturated carbocycles. The molecule has 2 aromatic rings. The van der Waals surface area contributed by atoms with Crippen molar-refractivity contribution in [2.45, 2.75) is 13.0 Å². The third-order valence-corrected chi connectivity index (χ3v) is 6.30. The van der Waals surface area contributed by atoms with Crippen LogP contribution >= 0.6 is 23.2 Å². The van der Waals surface area contributed by atoms with E-state index in [-0.39, 0.29) is 12.6 Å². The van der Waals surface area contributed by atoms with Crippen LogP contribution in [0.1, 0.15) is 18.5 Å². The first-order chi connectivity index (χ1) is 15.9. The Morgan fingerprint density at radius 3 is 2.21 bits per heavy atom. The van der Waals surface area contributed by atoms with Gasteiger partial charge in [0.25, 0.3) is 0 Å². The van der Waals surface area contributed by atoms with Crippen molar-refractivity contribution in [3.63, 3.8) is 0 Å². The summed E-state index contributed by atoms with van der Waals surface area (Å²) in [5.41, 5.74) is 2.88. The lowest BCUT2D eigenvalue weighted by molar-refractivity contribution is -0.139. The second-order valence-electron chi connectivity index (χ2n) is 7.94. The van der Waals surface area contributed by atoms with Crippen molar-refractivity contribution in [1.29, 1.82) is 0 Å². The van der Waals surface area contributed by atoms with Gasteiger partial charge in [-0.05, 0) is 48.9 Å². The number of piperazine rings is 1. The minimum Gasteiger partial charge on any atom is -0.463 e. The van der Waals surface area contributed by atoms with Gasteiger partial charge in [0.15, 0.2) is 0 Å². The summed E-state index contributed by atoms with van der Waals surface area (Å²) >= 11 is 12.0. The third kappa shape index (κ3) is 5.61. The Labute approximate surface area is 203 Å². The summed E-state index contributed by atoms with van der Waals surface area (Å²) in [6, 6.07) is 13.9. The summed E-state index contributed by atoms with van der Waals surface area (Å²) in [7, 11) is 0. The molecule has 2 aliphatic rings. The molecule has 0 bridgehead atoms. The van der Waals surface area contributed by atoms with E-state index in [1.165, 1.54) is 0 Å². The molecule has 1 atom stereocenters. The van der Waals surface area contributed by atoms with Crippen molar-refractivity contribution in [2.75, 3.05) is 44.2 Å². The molecule has 2 aliphatic heterocycles. The maximum absolute atomic E-state index is 12.9. The number of carbonyl (C=O) groups excluding carboxylic acids is 2. The number of amides is 2. The summed E-state index contributed by atoms with van der Waals surface area (Å²) < 4.78 is 5.34. The Bertz CT molecular complexity index is 1030. The second-order valence-corrected chi connectivity index (χ2v) is 8.81. The molecule has 1 saturated heterocycles. The van der Waals surface area contributed by atoms with Crippen LogP contribution in [0.3, 0.4) is 0 Å². The van der Waals surface area contributed by atoms with Crippen LogP contribution in [0.5, 0.6) is 0 Å². The fourth-order valence-corrected chi connectivity index (χ4v) is 4.39. The SMILES string of the molecule is CCOC(=O)C1=C(CN2CCN(c3ccc(Cl)cc3)CC2)NC(=O)NC1c1ccc(Cl)cc1. The van der Waals surface area contributed by atoms with E-state index in [0.717, 1.165) is 37.4 Å². The van der Waals surface area contributed by atoms with Crippen LogP contribution in [-0.4, -0.2) is 56.2 Å². The first-order valence-electron chi connectivity index (χ1n) is 10.9. The van der Waals surface area contributed by atoms with Crippen molar-refractivity contribution in [3.05, 3.63) is 75.4 Å². The van der Waals surface area contributed by atoms with Crippen LogP contribution in [0.2, 0.25) is 10.0 Å². The van der Waals surface area contributed by atoms with Gasteiger partial charge in [-0.3, -0.25) is 4.90 Å². The van der Waals surface area contributed by atoms with Gasteiger partial charge in [-0.15, -0.1) is 0 Å².